The van der Waals surface area contributed by atoms with E-state index in [1.807, 2.05) is 0 Å². The van der Waals surface area contributed by atoms with E-state index in [4.69, 9.17) is 28.4 Å². The molecule has 74 heavy (non-hydrogen) atoms. The van der Waals surface area contributed by atoms with E-state index in [0.717, 1.165) is 187 Å². The van der Waals surface area contributed by atoms with Gasteiger partial charge in [0.05, 0.1) is 26.1 Å². The van der Waals surface area contributed by atoms with Crippen molar-refractivity contribution in [1.29, 1.82) is 0 Å². The minimum absolute atomic E-state index is 0.0807. The minimum atomic E-state index is -0.381. The predicted octanol–water partition coefficient (Wildman–Crippen LogP) is 14.9. The van der Waals surface area contributed by atoms with E-state index in [1.54, 1.807) is 24.5 Å². The first-order valence-corrected chi connectivity index (χ1v) is 29.7. The van der Waals surface area contributed by atoms with E-state index in [-0.39, 0.29) is 30.4 Å². The molecule has 0 aliphatic carbocycles. The SMILES string of the molecule is CC/C=C\CCCCOC(CCC(=O)OCCCCCCCN(CCCCCCCOC(=O)CCC(OCCCC/C=C\CC)OCCCC/C=C\CC)CCNC(=O)c1ccncc1)OCCCC/C=C\CC. The Morgan fingerprint density at radius 2 is 0.811 bits per heavy atom. The topological polar surface area (TPSA) is 135 Å². The number of amides is 1. The lowest BCUT2D eigenvalue weighted by molar-refractivity contribution is -0.159. The number of hydrogen-bond donors (Lipinski definition) is 1. The van der Waals surface area contributed by atoms with Gasteiger partial charge in [0.2, 0.25) is 0 Å². The summed E-state index contributed by atoms with van der Waals surface area (Å²) in [5.41, 5.74) is 0.616. The van der Waals surface area contributed by atoms with Crippen molar-refractivity contribution in [1.82, 2.24) is 15.2 Å². The first-order valence-electron chi connectivity index (χ1n) is 29.7. The molecule has 0 bridgehead atoms. The molecule has 1 amide bonds. The monoisotopic (exact) mass is 1040 g/mol. The number of carbonyl (C=O) groups excluding carboxylic acids is 3. The van der Waals surface area contributed by atoms with Gasteiger partial charge in [0, 0.05) is 70.3 Å². The molecular formula is C62H107N3O9. The van der Waals surface area contributed by atoms with Crippen LogP contribution >= 0.6 is 0 Å². The average molecular weight is 1040 g/mol. The van der Waals surface area contributed by atoms with Crippen molar-refractivity contribution in [3.63, 3.8) is 0 Å². The van der Waals surface area contributed by atoms with Crippen LogP contribution in [0.1, 0.15) is 231 Å². The van der Waals surface area contributed by atoms with E-state index in [2.05, 4.69) is 91.5 Å². The summed E-state index contributed by atoms with van der Waals surface area (Å²) < 4.78 is 35.5. The lowest BCUT2D eigenvalue weighted by Crippen LogP contribution is -2.36. The van der Waals surface area contributed by atoms with Gasteiger partial charge in [-0.25, -0.2) is 0 Å². The highest BCUT2D eigenvalue weighted by molar-refractivity contribution is 5.93. The molecule has 0 aliphatic heterocycles. The number of aromatic nitrogens is 1. The third-order valence-electron chi connectivity index (χ3n) is 12.5. The first kappa shape index (κ1) is 68.3. The smallest absolute Gasteiger partial charge is 0.305 e. The fraction of sp³-hybridized carbons (Fsp3) is 0.742. The maximum atomic E-state index is 12.7. The van der Waals surface area contributed by atoms with E-state index in [9.17, 15) is 14.4 Å². The van der Waals surface area contributed by atoms with Gasteiger partial charge in [0.1, 0.15) is 0 Å². The Morgan fingerprint density at radius 3 is 1.19 bits per heavy atom. The number of nitrogens with one attached hydrogen (secondary N) is 1. The van der Waals surface area contributed by atoms with Crippen LogP contribution in [0.25, 0.3) is 0 Å². The second kappa shape index (κ2) is 54.1. The molecule has 1 heterocycles. The molecule has 0 fully saturated rings. The quantitative estimate of drug-likeness (QED) is 0.0289. The Labute approximate surface area is 451 Å². The highest BCUT2D eigenvalue weighted by Crippen LogP contribution is 2.14. The van der Waals surface area contributed by atoms with Gasteiger partial charge in [-0.05, 0) is 154 Å². The van der Waals surface area contributed by atoms with Crippen molar-refractivity contribution in [2.75, 3.05) is 65.8 Å². The lowest BCUT2D eigenvalue weighted by Gasteiger charge is -2.22. The second-order valence-corrected chi connectivity index (χ2v) is 19.2. The molecule has 0 saturated heterocycles. The number of ether oxygens (including phenoxy) is 6. The molecule has 0 radical (unpaired) electrons. The summed E-state index contributed by atoms with van der Waals surface area (Å²) in [5.74, 6) is -0.455. The van der Waals surface area contributed by atoms with E-state index >= 15 is 0 Å². The molecule has 0 spiro atoms. The zero-order chi connectivity index (χ0) is 53.5. The number of allylic oxidation sites excluding steroid dienone is 8. The Morgan fingerprint density at radius 1 is 0.459 bits per heavy atom. The molecule has 1 aromatic heterocycles. The maximum Gasteiger partial charge on any atom is 0.305 e. The van der Waals surface area contributed by atoms with Crippen molar-refractivity contribution in [2.24, 2.45) is 0 Å². The molecule has 0 aromatic carbocycles. The summed E-state index contributed by atoms with van der Waals surface area (Å²) in [6.07, 6.45) is 48.8. The largest absolute Gasteiger partial charge is 0.466 e. The maximum absolute atomic E-state index is 12.7. The molecule has 0 saturated carbocycles. The van der Waals surface area contributed by atoms with Crippen LogP contribution < -0.4 is 5.32 Å². The molecule has 12 heteroatoms. The highest BCUT2D eigenvalue weighted by atomic mass is 16.7. The summed E-state index contributed by atoms with van der Waals surface area (Å²) in [6.45, 7) is 15.3. The number of hydrogen-bond acceptors (Lipinski definition) is 11. The van der Waals surface area contributed by atoms with Crippen molar-refractivity contribution < 1.29 is 42.8 Å². The van der Waals surface area contributed by atoms with Crippen LogP contribution in [-0.2, 0) is 38.0 Å². The Hall–Kier alpha value is -3.68. The van der Waals surface area contributed by atoms with E-state index in [0.29, 0.717) is 77.4 Å². The van der Waals surface area contributed by atoms with Gasteiger partial charge in [-0.1, -0.05) is 115 Å². The van der Waals surface area contributed by atoms with Crippen LogP contribution in [0, 0.1) is 0 Å². The number of rotatable bonds is 54. The summed E-state index contributed by atoms with van der Waals surface area (Å²) >= 11 is 0. The fourth-order valence-corrected chi connectivity index (χ4v) is 8.08. The number of nitrogens with zero attached hydrogens (tertiary/aromatic N) is 2. The lowest BCUT2D eigenvalue weighted by atomic mass is 10.1. The van der Waals surface area contributed by atoms with Crippen LogP contribution in [0.4, 0.5) is 0 Å². The molecule has 0 atom stereocenters. The van der Waals surface area contributed by atoms with Gasteiger partial charge in [-0.15, -0.1) is 0 Å². The molecule has 12 nitrogen and oxygen atoms in total. The summed E-state index contributed by atoms with van der Waals surface area (Å²) in [7, 11) is 0. The van der Waals surface area contributed by atoms with E-state index in [1.165, 1.54) is 0 Å². The predicted molar refractivity (Wildman–Crippen MR) is 304 cm³/mol. The van der Waals surface area contributed by atoms with Crippen LogP contribution in [0.15, 0.2) is 73.1 Å². The number of carbonyl (C=O) groups is 3. The summed E-state index contributed by atoms with van der Waals surface area (Å²) in [5, 5.41) is 3.08. The average Bonchev–Trinajstić information content (AvgIpc) is 3.41. The van der Waals surface area contributed by atoms with Gasteiger partial charge in [-0.3, -0.25) is 19.4 Å². The van der Waals surface area contributed by atoms with Crippen LogP contribution in [0.3, 0.4) is 0 Å². The summed E-state index contributed by atoms with van der Waals surface area (Å²) in [6, 6.07) is 3.46. The molecule has 1 aromatic rings. The fourth-order valence-electron chi connectivity index (χ4n) is 8.08. The molecule has 424 valence electrons. The highest BCUT2D eigenvalue weighted by Gasteiger charge is 2.15. The van der Waals surface area contributed by atoms with Crippen LogP contribution in [-0.4, -0.2) is 106 Å². The number of pyridine rings is 1. The minimum Gasteiger partial charge on any atom is -0.466 e. The zero-order valence-electron chi connectivity index (χ0n) is 47.4. The van der Waals surface area contributed by atoms with Gasteiger partial charge < -0.3 is 38.6 Å². The van der Waals surface area contributed by atoms with Crippen molar-refractivity contribution in [3.8, 4) is 0 Å². The van der Waals surface area contributed by atoms with Crippen LogP contribution in [0.2, 0.25) is 0 Å². The first-order chi connectivity index (χ1) is 36.4. The number of unbranched alkanes of at least 4 members (excludes halogenated alkanes) is 16. The molecule has 1 rings (SSSR count). The van der Waals surface area contributed by atoms with Crippen LogP contribution in [0.5, 0.6) is 0 Å². The normalized spacial score (nSPS) is 12.0. The van der Waals surface area contributed by atoms with Gasteiger partial charge in [-0.2, -0.15) is 0 Å². The molecule has 1 N–H and O–H groups in total. The molecule has 0 unspecified atom stereocenters. The van der Waals surface area contributed by atoms with Gasteiger partial charge in [0.15, 0.2) is 12.6 Å². The second-order valence-electron chi connectivity index (χ2n) is 19.2. The molecule has 0 aliphatic rings. The number of esters is 2. The van der Waals surface area contributed by atoms with Gasteiger partial charge >= 0.3 is 11.9 Å². The summed E-state index contributed by atoms with van der Waals surface area (Å²) in [4.78, 5) is 44.5. The third-order valence-corrected chi connectivity index (χ3v) is 12.5. The zero-order valence-corrected chi connectivity index (χ0v) is 47.4. The molecular weight excluding hydrogens is 931 g/mol. The van der Waals surface area contributed by atoms with Crippen molar-refractivity contribution in [2.45, 2.75) is 233 Å². The van der Waals surface area contributed by atoms with Crippen molar-refractivity contribution >= 4 is 17.8 Å². The van der Waals surface area contributed by atoms with Crippen molar-refractivity contribution in [3.05, 3.63) is 78.7 Å². The third kappa shape index (κ3) is 45.7. The van der Waals surface area contributed by atoms with Gasteiger partial charge in [0.25, 0.3) is 5.91 Å². The Balaban J connectivity index is 2.41. The standard InChI is InChI=1S/C62H107N3O9/c1-5-9-13-17-25-35-53-71-60(72-54-36-26-18-14-10-6-2)41-39-58(66)69-51-33-29-21-23-31-48-65(50-47-64-62(68)57-43-45-63-46-44-57)49-32-24-22-30-34-52-70-59(67)40-42-61(73-55-37-27-19-15-11-7-3)74-56-38-28-20-16-12-8-4/h9-16,43-46,60-61H,5-8,17-42,47-56H2,1-4H3,(H,64,68)/b13-9-,14-10-,15-11-,16-12-. The van der Waals surface area contributed by atoms with E-state index < -0.39 is 0 Å². The Bertz CT molecular complexity index is 1410. The Kier molecular flexibility index (Phi) is 50.0.